The topological polar surface area (TPSA) is 88.2 Å². The van der Waals surface area contributed by atoms with Gasteiger partial charge in [0, 0.05) is 26.7 Å². The van der Waals surface area contributed by atoms with Crippen molar-refractivity contribution in [1.29, 1.82) is 0 Å². The molecule has 1 saturated heterocycles. The Hall–Kier alpha value is -3.62. The third kappa shape index (κ3) is 6.62. The van der Waals surface area contributed by atoms with Gasteiger partial charge in [-0.05, 0) is 62.1 Å². The molecule has 38 heavy (non-hydrogen) atoms. The van der Waals surface area contributed by atoms with Crippen LogP contribution in [0.4, 0.5) is 4.39 Å². The van der Waals surface area contributed by atoms with E-state index in [4.69, 9.17) is 9.47 Å². The van der Waals surface area contributed by atoms with E-state index in [1.54, 1.807) is 29.0 Å². The molecule has 2 aromatic rings. The number of halogens is 1. The lowest BCUT2D eigenvalue weighted by Crippen LogP contribution is -2.49. The maximum atomic E-state index is 13.3. The van der Waals surface area contributed by atoms with Gasteiger partial charge in [-0.15, -0.1) is 0 Å². The van der Waals surface area contributed by atoms with Gasteiger partial charge in [0.15, 0.2) is 0 Å². The molecule has 3 heterocycles. The molecule has 0 aliphatic carbocycles. The van der Waals surface area contributed by atoms with Crippen LogP contribution < -0.4 is 14.8 Å². The Morgan fingerprint density at radius 2 is 1.74 bits per heavy atom. The van der Waals surface area contributed by atoms with Crippen LogP contribution in [0.1, 0.15) is 48.9 Å². The quantitative estimate of drug-likeness (QED) is 0.644. The second kappa shape index (κ2) is 12.8. The molecule has 3 aliphatic heterocycles. The zero-order chi connectivity index (χ0) is 27.0. The third-order valence-electron chi connectivity index (χ3n) is 7.54. The molecule has 0 saturated carbocycles. The van der Waals surface area contributed by atoms with Crippen LogP contribution in [0.5, 0.6) is 11.5 Å². The van der Waals surface area contributed by atoms with Crippen LogP contribution in [0, 0.1) is 11.2 Å². The SMILES string of the molecule is CNC(=O)C12CCCCN(C(=O)CCOc3ccc(F)cc3)CCOc3ccccc3C(=O)N(CC1)CC2. The summed E-state index contributed by atoms with van der Waals surface area (Å²) in [6.07, 6.45) is 3.62. The number of benzene rings is 2. The minimum absolute atomic E-state index is 0.0172. The Labute approximate surface area is 223 Å². The number of ether oxygens (including phenoxy) is 2. The predicted molar refractivity (Wildman–Crippen MR) is 141 cm³/mol. The zero-order valence-corrected chi connectivity index (χ0v) is 21.9. The molecule has 1 N–H and O–H groups in total. The fourth-order valence-electron chi connectivity index (χ4n) is 5.27. The Kier molecular flexibility index (Phi) is 9.20. The molecule has 3 amide bonds. The van der Waals surface area contributed by atoms with E-state index < -0.39 is 5.41 Å². The van der Waals surface area contributed by atoms with Gasteiger partial charge in [0.05, 0.1) is 30.6 Å². The van der Waals surface area contributed by atoms with E-state index >= 15 is 0 Å². The highest BCUT2D eigenvalue weighted by Gasteiger charge is 2.41. The van der Waals surface area contributed by atoms with Gasteiger partial charge in [-0.25, -0.2) is 4.39 Å². The van der Waals surface area contributed by atoms with E-state index in [0.717, 1.165) is 12.8 Å². The molecule has 9 heteroatoms. The highest BCUT2D eigenvalue weighted by atomic mass is 19.1. The Bertz CT molecular complexity index is 1120. The molecule has 204 valence electrons. The molecule has 0 spiro atoms. The van der Waals surface area contributed by atoms with Crippen LogP contribution >= 0.6 is 0 Å². The van der Waals surface area contributed by atoms with Gasteiger partial charge in [-0.3, -0.25) is 14.4 Å². The molecule has 0 aromatic heterocycles. The van der Waals surface area contributed by atoms with Crippen LogP contribution in [0.2, 0.25) is 0 Å². The fourth-order valence-corrected chi connectivity index (χ4v) is 5.27. The number of hydrogen-bond acceptors (Lipinski definition) is 5. The summed E-state index contributed by atoms with van der Waals surface area (Å²) in [6.45, 7) is 2.35. The summed E-state index contributed by atoms with van der Waals surface area (Å²) >= 11 is 0. The number of nitrogens with zero attached hydrogens (tertiary/aromatic N) is 2. The van der Waals surface area contributed by atoms with Gasteiger partial charge >= 0.3 is 0 Å². The average Bonchev–Trinajstić information content (AvgIpc) is 2.95. The first-order valence-electron chi connectivity index (χ1n) is 13.3. The number of piperidine rings is 1. The van der Waals surface area contributed by atoms with Crippen LogP contribution in [-0.4, -0.2) is 74.0 Å². The summed E-state index contributed by atoms with van der Waals surface area (Å²) in [7, 11) is 1.66. The van der Waals surface area contributed by atoms with E-state index in [1.807, 2.05) is 12.1 Å². The third-order valence-corrected chi connectivity index (χ3v) is 7.54. The lowest BCUT2D eigenvalue weighted by molar-refractivity contribution is -0.134. The van der Waals surface area contributed by atoms with Crippen LogP contribution in [0.15, 0.2) is 48.5 Å². The van der Waals surface area contributed by atoms with Crippen LogP contribution in [0.3, 0.4) is 0 Å². The number of carbonyl (C=O) groups is 3. The maximum Gasteiger partial charge on any atom is 0.257 e. The van der Waals surface area contributed by atoms with Crippen molar-refractivity contribution in [1.82, 2.24) is 15.1 Å². The Balaban J connectivity index is 1.46. The molecule has 2 bridgehead atoms. The first-order valence-corrected chi connectivity index (χ1v) is 13.3. The monoisotopic (exact) mass is 525 g/mol. The van der Waals surface area contributed by atoms with Crippen molar-refractivity contribution < 1.29 is 28.2 Å². The molecule has 5 rings (SSSR count). The van der Waals surface area contributed by atoms with Crippen molar-refractivity contribution in [2.24, 2.45) is 5.41 Å². The number of hydrogen-bond donors (Lipinski definition) is 1. The number of amides is 3. The molecule has 3 aliphatic rings. The van der Waals surface area contributed by atoms with E-state index in [0.29, 0.717) is 62.5 Å². The fraction of sp³-hybridized carbons (Fsp3) is 0.483. The average molecular weight is 526 g/mol. The van der Waals surface area contributed by atoms with Crippen molar-refractivity contribution in [3.05, 3.63) is 59.9 Å². The second-order valence-electron chi connectivity index (χ2n) is 9.89. The Morgan fingerprint density at radius 3 is 2.47 bits per heavy atom. The first kappa shape index (κ1) is 27.4. The molecule has 0 unspecified atom stereocenters. The van der Waals surface area contributed by atoms with Crippen molar-refractivity contribution in [3.8, 4) is 11.5 Å². The lowest BCUT2D eigenvalue weighted by atomic mass is 9.73. The highest BCUT2D eigenvalue weighted by molar-refractivity contribution is 5.97. The first-order chi connectivity index (χ1) is 18.4. The van der Waals surface area contributed by atoms with Gasteiger partial charge < -0.3 is 24.6 Å². The molecule has 2 aromatic carbocycles. The van der Waals surface area contributed by atoms with Crippen LogP contribution in [-0.2, 0) is 9.59 Å². The molecular weight excluding hydrogens is 489 g/mol. The van der Waals surface area contributed by atoms with Gasteiger partial charge in [-0.2, -0.15) is 0 Å². The highest BCUT2D eigenvalue weighted by Crippen LogP contribution is 2.38. The standard InChI is InChI=1S/C29H36FN3O5/c1-31-28(36)29-13-4-5-16-32(26(34)12-20-37-23-10-8-22(30)9-11-23)19-21-38-25-7-3-2-6-24(25)27(35)33(17-14-29)18-15-29/h2-3,6-11H,4-5,12-21H2,1H3,(H,31,36). The van der Waals surface area contributed by atoms with Crippen LogP contribution in [0.25, 0.3) is 0 Å². The molecule has 1 fully saturated rings. The number of fused-ring (bicyclic) bond motifs is 9. The molecule has 8 nitrogen and oxygen atoms in total. The molecule has 0 radical (unpaired) electrons. The van der Waals surface area contributed by atoms with E-state index in [-0.39, 0.29) is 43.2 Å². The summed E-state index contributed by atoms with van der Waals surface area (Å²) in [6, 6.07) is 12.9. The molecule has 0 atom stereocenters. The minimum Gasteiger partial charge on any atom is -0.493 e. The second-order valence-corrected chi connectivity index (χ2v) is 9.89. The number of nitrogens with one attached hydrogen (secondary N) is 1. The van der Waals surface area contributed by atoms with E-state index in [2.05, 4.69) is 5.32 Å². The number of para-hydroxylation sites is 1. The van der Waals surface area contributed by atoms with Crippen molar-refractivity contribution >= 4 is 17.7 Å². The Morgan fingerprint density at radius 1 is 1.00 bits per heavy atom. The van der Waals surface area contributed by atoms with Crippen molar-refractivity contribution in [3.63, 3.8) is 0 Å². The van der Waals surface area contributed by atoms with Gasteiger partial charge in [0.25, 0.3) is 5.91 Å². The molecular formula is C29H36FN3O5. The predicted octanol–water partition coefficient (Wildman–Crippen LogP) is 3.65. The maximum absolute atomic E-state index is 13.3. The number of carbonyl (C=O) groups excluding carboxylic acids is 3. The lowest BCUT2D eigenvalue weighted by Gasteiger charge is -2.40. The summed E-state index contributed by atoms with van der Waals surface area (Å²) in [5, 5.41) is 2.83. The summed E-state index contributed by atoms with van der Waals surface area (Å²) in [5.74, 6) is 0.489. The largest absolute Gasteiger partial charge is 0.493 e. The van der Waals surface area contributed by atoms with E-state index in [1.165, 1.54) is 24.3 Å². The number of rotatable bonds is 5. The summed E-state index contributed by atoms with van der Waals surface area (Å²) in [4.78, 5) is 42.9. The van der Waals surface area contributed by atoms with Crippen molar-refractivity contribution in [2.45, 2.75) is 38.5 Å². The summed E-state index contributed by atoms with van der Waals surface area (Å²) in [5.41, 5.74) is -0.0278. The van der Waals surface area contributed by atoms with Gasteiger partial charge in [-0.1, -0.05) is 18.6 Å². The smallest absolute Gasteiger partial charge is 0.257 e. The van der Waals surface area contributed by atoms with Crippen molar-refractivity contribution in [2.75, 3.05) is 46.4 Å². The zero-order valence-electron chi connectivity index (χ0n) is 21.9. The van der Waals surface area contributed by atoms with E-state index in [9.17, 15) is 18.8 Å². The van der Waals surface area contributed by atoms with Gasteiger partial charge in [0.2, 0.25) is 11.8 Å². The normalized spacial score (nSPS) is 18.0. The summed E-state index contributed by atoms with van der Waals surface area (Å²) < 4.78 is 24.7. The van der Waals surface area contributed by atoms with Gasteiger partial charge in [0.1, 0.15) is 23.9 Å². The minimum atomic E-state index is -0.514.